The summed E-state index contributed by atoms with van der Waals surface area (Å²) in [6, 6.07) is 0. The molecule has 0 spiro atoms. The Hall–Kier alpha value is -0.650. The van der Waals surface area contributed by atoms with Crippen LogP contribution in [0.5, 0.6) is 0 Å². The zero-order valence-electron chi connectivity index (χ0n) is 17.1. The van der Waals surface area contributed by atoms with E-state index < -0.39 is 11.9 Å². The summed E-state index contributed by atoms with van der Waals surface area (Å²) in [4.78, 5) is 39.6. The molecule has 0 aliphatic rings. The van der Waals surface area contributed by atoms with Crippen molar-refractivity contribution in [3.05, 3.63) is 0 Å². The first kappa shape index (κ1) is 28.6. The number of nitrogens with zero attached hydrogens (tertiary/aromatic N) is 6. The Kier molecular flexibility index (Phi) is 15.2. The average molecular weight is 398 g/mol. The van der Waals surface area contributed by atoms with E-state index in [0.29, 0.717) is 32.1 Å². The van der Waals surface area contributed by atoms with E-state index in [1.54, 1.807) is 13.8 Å². The molecule has 0 saturated heterocycles. The molecular formula is C15H24N6Na2O4. The third-order valence-electron chi connectivity index (χ3n) is 3.62. The molecule has 0 saturated carbocycles. The smallest absolute Gasteiger partial charge is 0.548 e. The molecule has 0 aromatic carbocycles. The van der Waals surface area contributed by atoms with Crippen molar-refractivity contribution in [1.29, 1.82) is 0 Å². The van der Waals surface area contributed by atoms with Crippen LogP contribution in [-0.4, -0.2) is 66.2 Å². The van der Waals surface area contributed by atoms with Crippen molar-refractivity contribution in [2.75, 3.05) is 54.0 Å². The van der Waals surface area contributed by atoms with Crippen LogP contribution in [0.1, 0.15) is 27.7 Å². The van der Waals surface area contributed by atoms with E-state index in [0.717, 1.165) is 0 Å². The molecule has 0 unspecified atom stereocenters. The number of carbonyl (C=O) groups is 2. The van der Waals surface area contributed by atoms with Crippen LogP contribution in [0.4, 0.5) is 17.8 Å². The van der Waals surface area contributed by atoms with Crippen molar-refractivity contribution in [3.8, 4) is 0 Å². The second kappa shape index (κ2) is 14.4. The van der Waals surface area contributed by atoms with Crippen molar-refractivity contribution in [2.24, 2.45) is 0 Å². The molecule has 1 aromatic rings. The average Bonchev–Trinajstić information content (AvgIpc) is 2.58. The van der Waals surface area contributed by atoms with E-state index in [-0.39, 0.29) is 84.1 Å². The molecule has 140 valence electrons. The minimum atomic E-state index is -1.25. The molecule has 0 radical (unpaired) electrons. The molecule has 0 aliphatic carbocycles. The fourth-order valence-corrected chi connectivity index (χ4v) is 2.23. The number of hydrogen-bond acceptors (Lipinski definition) is 10. The number of carbonyl (C=O) groups excluding carboxylic acids is 2. The van der Waals surface area contributed by atoms with Gasteiger partial charge in [-0.15, -0.1) is 0 Å². The molecule has 1 aromatic heterocycles. The van der Waals surface area contributed by atoms with Crippen LogP contribution in [0.15, 0.2) is 0 Å². The van der Waals surface area contributed by atoms with Gasteiger partial charge in [0.1, 0.15) is 0 Å². The fourth-order valence-electron chi connectivity index (χ4n) is 2.23. The van der Waals surface area contributed by atoms with Crippen LogP contribution in [0.2, 0.25) is 0 Å². The van der Waals surface area contributed by atoms with E-state index in [4.69, 9.17) is 0 Å². The second-order valence-corrected chi connectivity index (χ2v) is 5.18. The van der Waals surface area contributed by atoms with Crippen LogP contribution in [-0.2, 0) is 9.59 Å². The third kappa shape index (κ3) is 8.93. The summed E-state index contributed by atoms with van der Waals surface area (Å²) in [7, 11) is 0. The van der Waals surface area contributed by atoms with Crippen molar-refractivity contribution < 1.29 is 78.9 Å². The molecule has 0 fully saturated rings. The summed E-state index contributed by atoms with van der Waals surface area (Å²) in [6.45, 7) is 8.63. The Morgan fingerprint density at radius 1 is 0.667 bits per heavy atom. The summed E-state index contributed by atoms with van der Waals surface area (Å²) in [5.74, 6) is -1.82. The van der Waals surface area contributed by atoms with Gasteiger partial charge in [0.25, 0.3) is 0 Å². The molecule has 1 heterocycles. The minimum Gasteiger partial charge on any atom is -0.548 e. The zero-order valence-corrected chi connectivity index (χ0v) is 21.1. The molecule has 0 N–H and O–H groups in total. The molecule has 10 nitrogen and oxygen atoms in total. The van der Waals surface area contributed by atoms with Gasteiger partial charge in [-0.3, -0.25) is 0 Å². The largest absolute Gasteiger partial charge is 1.00 e. The van der Waals surface area contributed by atoms with Crippen LogP contribution in [0, 0.1) is 0 Å². The molecule has 0 aliphatic heterocycles. The first-order valence-electron chi connectivity index (χ1n) is 8.26. The van der Waals surface area contributed by atoms with Crippen molar-refractivity contribution in [1.82, 2.24) is 15.0 Å². The second-order valence-electron chi connectivity index (χ2n) is 5.18. The Morgan fingerprint density at radius 2 is 0.926 bits per heavy atom. The first-order valence-corrected chi connectivity index (χ1v) is 8.26. The van der Waals surface area contributed by atoms with Gasteiger partial charge < -0.3 is 34.5 Å². The molecule has 12 heteroatoms. The van der Waals surface area contributed by atoms with Crippen LogP contribution < -0.4 is 84.0 Å². The minimum absolute atomic E-state index is 0. The number of anilines is 3. The Labute approximate surface area is 203 Å². The van der Waals surface area contributed by atoms with Gasteiger partial charge in [-0.1, -0.05) is 0 Å². The van der Waals surface area contributed by atoms with Gasteiger partial charge in [-0.05, 0) is 27.7 Å². The Balaban J connectivity index is 0. The quantitative estimate of drug-likeness (QED) is 0.331. The predicted octanol–water partition coefficient (Wildman–Crippen LogP) is -8.12. The maximum absolute atomic E-state index is 11.0. The van der Waals surface area contributed by atoms with Gasteiger partial charge in [0.15, 0.2) is 0 Å². The van der Waals surface area contributed by atoms with Crippen LogP contribution >= 0.6 is 0 Å². The van der Waals surface area contributed by atoms with E-state index in [1.807, 2.05) is 18.7 Å². The number of hydrogen-bond donors (Lipinski definition) is 0. The monoisotopic (exact) mass is 398 g/mol. The van der Waals surface area contributed by atoms with Crippen molar-refractivity contribution >= 4 is 29.8 Å². The Bertz CT molecular complexity index is 561. The number of aromatic nitrogens is 3. The number of carboxylic acids is 2. The molecule has 0 amide bonds. The SMILES string of the molecule is CCN(CC)c1nc(N(CC)CC(=O)[O-])nc(N(CC)CC(=O)[O-])n1.[Na+].[Na+]. The summed E-state index contributed by atoms with van der Waals surface area (Å²) in [6.07, 6.45) is 0. The van der Waals surface area contributed by atoms with Gasteiger partial charge in [0, 0.05) is 26.2 Å². The van der Waals surface area contributed by atoms with E-state index in [2.05, 4.69) is 15.0 Å². The van der Waals surface area contributed by atoms with Gasteiger partial charge in [-0.25, -0.2) is 0 Å². The van der Waals surface area contributed by atoms with Gasteiger partial charge in [-0.2, -0.15) is 15.0 Å². The number of likely N-dealkylation sites (N-methyl/N-ethyl adjacent to an activating group) is 2. The first-order chi connectivity index (χ1) is 11.9. The van der Waals surface area contributed by atoms with Crippen molar-refractivity contribution in [3.63, 3.8) is 0 Å². The zero-order chi connectivity index (χ0) is 19.0. The van der Waals surface area contributed by atoms with Crippen LogP contribution in [0.3, 0.4) is 0 Å². The number of carboxylic acid groups (broad SMARTS) is 2. The summed E-state index contributed by atoms with van der Waals surface area (Å²) in [5, 5.41) is 21.9. The molecule has 1 rings (SSSR count). The topological polar surface area (TPSA) is 129 Å². The van der Waals surface area contributed by atoms with Gasteiger partial charge >= 0.3 is 59.1 Å². The number of rotatable bonds is 11. The van der Waals surface area contributed by atoms with Gasteiger partial charge in [0.05, 0.1) is 25.0 Å². The van der Waals surface area contributed by atoms with Gasteiger partial charge in [0.2, 0.25) is 17.8 Å². The molecule has 0 atom stereocenters. The van der Waals surface area contributed by atoms with E-state index in [1.165, 1.54) is 9.80 Å². The fraction of sp³-hybridized carbons (Fsp3) is 0.667. The summed E-state index contributed by atoms with van der Waals surface area (Å²) < 4.78 is 0. The maximum Gasteiger partial charge on any atom is 1.00 e. The normalized spacial score (nSPS) is 9.63. The predicted molar refractivity (Wildman–Crippen MR) is 89.2 cm³/mol. The van der Waals surface area contributed by atoms with Crippen molar-refractivity contribution in [2.45, 2.75) is 27.7 Å². The number of aliphatic carboxylic acids is 2. The third-order valence-corrected chi connectivity index (χ3v) is 3.62. The van der Waals surface area contributed by atoms with E-state index in [9.17, 15) is 19.8 Å². The maximum atomic E-state index is 11.0. The molecule has 0 bridgehead atoms. The van der Waals surface area contributed by atoms with Crippen LogP contribution in [0.25, 0.3) is 0 Å². The van der Waals surface area contributed by atoms with E-state index >= 15 is 0 Å². The summed E-state index contributed by atoms with van der Waals surface area (Å²) in [5.41, 5.74) is 0. The summed E-state index contributed by atoms with van der Waals surface area (Å²) >= 11 is 0. The standard InChI is InChI=1S/C15H26N6O4.2Na/c1-5-19(6-2)13-16-14(20(7-3)9-11(22)23)18-15(17-13)21(8-4)10-12(24)25;;/h5-10H2,1-4H3,(H,22,23)(H,24,25);;/q;2*+1/p-2. The molecule has 27 heavy (non-hydrogen) atoms. The molecular weight excluding hydrogens is 374 g/mol. The Morgan fingerprint density at radius 3 is 1.15 bits per heavy atom.